The monoisotopic (exact) mass is 620 g/mol. The average molecular weight is 621 g/mol. The van der Waals surface area contributed by atoms with Crippen LogP contribution in [-0.2, 0) is 19.3 Å². The molecule has 14 heteroatoms. The molecule has 234 valence electrons. The summed E-state index contributed by atoms with van der Waals surface area (Å²) in [5, 5.41) is 13.3. The lowest BCUT2D eigenvalue weighted by atomic mass is 10.0. The Kier molecular flexibility index (Phi) is 8.69. The van der Waals surface area contributed by atoms with Gasteiger partial charge in [-0.25, -0.2) is 22.7 Å². The van der Waals surface area contributed by atoms with E-state index >= 15 is 0 Å². The molecule has 2 aromatic heterocycles. The van der Waals surface area contributed by atoms with Gasteiger partial charge in [-0.2, -0.15) is 18.3 Å². The lowest BCUT2D eigenvalue weighted by Crippen LogP contribution is -2.57. The van der Waals surface area contributed by atoms with Gasteiger partial charge in [0.15, 0.2) is 23.0 Å². The number of hydrogen-bond acceptors (Lipinski definition) is 6. The fourth-order valence-electron chi connectivity index (χ4n) is 5.63. The van der Waals surface area contributed by atoms with E-state index in [1.165, 1.54) is 11.8 Å². The molecule has 2 aromatic carbocycles. The van der Waals surface area contributed by atoms with Crippen LogP contribution >= 0.6 is 0 Å². The fraction of sp³-hybridized carbons (Fsp3) is 0.367. The lowest BCUT2D eigenvalue weighted by molar-refractivity contribution is -0.143. The molecule has 0 radical (unpaired) electrons. The fourth-order valence-corrected chi connectivity index (χ4v) is 5.63. The summed E-state index contributed by atoms with van der Waals surface area (Å²) in [6.45, 7) is 1.84. The molecule has 0 bridgehead atoms. The van der Waals surface area contributed by atoms with Crippen molar-refractivity contribution in [1.82, 2.24) is 29.3 Å². The number of fused-ring (bicyclic) bond motifs is 1. The number of aromatic nitrogens is 3. The predicted molar refractivity (Wildman–Crippen MR) is 149 cm³/mol. The van der Waals surface area contributed by atoms with Crippen LogP contribution in [0.1, 0.15) is 32.7 Å². The van der Waals surface area contributed by atoms with Gasteiger partial charge in [-0.05, 0) is 32.6 Å². The molecule has 3 heterocycles. The summed E-state index contributed by atoms with van der Waals surface area (Å²) >= 11 is 0. The Morgan fingerprint density at radius 3 is 2.43 bits per heavy atom. The van der Waals surface area contributed by atoms with Crippen molar-refractivity contribution in [2.75, 3.05) is 40.3 Å². The van der Waals surface area contributed by atoms with E-state index in [4.69, 9.17) is 0 Å². The number of amides is 1. The summed E-state index contributed by atoms with van der Waals surface area (Å²) in [7, 11) is 3.57. The van der Waals surface area contributed by atoms with Gasteiger partial charge in [-0.1, -0.05) is 24.3 Å². The van der Waals surface area contributed by atoms with Gasteiger partial charge in [0.05, 0.1) is 24.5 Å². The first-order chi connectivity index (χ1) is 20.8. The minimum absolute atomic E-state index is 0.0166. The number of rotatable bonds is 7. The zero-order chi connectivity index (χ0) is 31.9. The van der Waals surface area contributed by atoms with Crippen LogP contribution in [0, 0.1) is 24.4 Å². The van der Waals surface area contributed by atoms with Gasteiger partial charge in [0.25, 0.3) is 5.91 Å². The molecule has 1 fully saturated rings. The maximum atomic E-state index is 14.4. The van der Waals surface area contributed by atoms with E-state index in [0.29, 0.717) is 28.3 Å². The van der Waals surface area contributed by atoms with Crippen LogP contribution in [0.15, 0.2) is 42.6 Å². The molecule has 0 unspecified atom stereocenters. The van der Waals surface area contributed by atoms with Gasteiger partial charge < -0.3 is 14.9 Å². The largest absolute Gasteiger partial charge is 0.433 e. The first-order valence-electron chi connectivity index (χ1n) is 13.8. The van der Waals surface area contributed by atoms with Crippen molar-refractivity contribution in [2.24, 2.45) is 0 Å². The maximum absolute atomic E-state index is 14.4. The van der Waals surface area contributed by atoms with Crippen LogP contribution in [0.25, 0.3) is 16.9 Å². The summed E-state index contributed by atoms with van der Waals surface area (Å²) in [6.07, 6.45) is -3.75. The number of halogens is 6. The standard InChI is InChI=1S/C30H30F6N6O2/c1-17-26(19-6-4-18(16-43)5-7-19)38-28-23(12-37-42(28)27(17)30(34,35)36)29(44)41-9-8-40(15-22(41)14-39(2)3)13-20-10-21(31)11-24(32)25(20)33/h4-7,10-12,22,43H,8-9,13-16H2,1-3H3/t22-/m1/s1. The van der Waals surface area contributed by atoms with Crippen LogP contribution in [0.5, 0.6) is 0 Å². The van der Waals surface area contributed by atoms with Crippen LogP contribution < -0.4 is 0 Å². The average Bonchev–Trinajstić information content (AvgIpc) is 3.37. The third kappa shape index (κ3) is 6.14. The van der Waals surface area contributed by atoms with Crippen LogP contribution in [0.2, 0.25) is 0 Å². The summed E-state index contributed by atoms with van der Waals surface area (Å²) in [5.74, 6) is -3.93. The van der Waals surface area contributed by atoms with E-state index in [-0.39, 0.29) is 60.8 Å². The van der Waals surface area contributed by atoms with Crippen molar-refractivity contribution < 1.29 is 36.2 Å². The van der Waals surface area contributed by atoms with E-state index in [2.05, 4.69) is 10.1 Å². The van der Waals surface area contributed by atoms with Crippen molar-refractivity contribution in [3.63, 3.8) is 0 Å². The predicted octanol–water partition coefficient (Wildman–Crippen LogP) is 4.52. The molecule has 0 spiro atoms. The highest BCUT2D eigenvalue weighted by Gasteiger charge is 2.40. The van der Waals surface area contributed by atoms with Crippen molar-refractivity contribution >= 4 is 11.6 Å². The van der Waals surface area contributed by atoms with E-state index in [1.54, 1.807) is 43.3 Å². The molecule has 4 aromatic rings. The van der Waals surface area contributed by atoms with Crippen molar-refractivity contribution in [3.8, 4) is 11.3 Å². The number of aliphatic hydroxyl groups excluding tert-OH is 1. The minimum atomic E-state index is -4.82. The molecule has 8 nitrogen and oxygen atoms in total. The molecular formula is C30H30F6N6O2. The molecular weight excluding hydrogens is 590 g/mol. The molecule has 5 rings (SSSR count). The molecule has 1 N–H and O–H groups in total. The summed E-state index contributed by atoms with van der Waals surface area (Å²) < 4.78 is 85.7. The van der Waals surface area contributed by atoms with E-state index in [0.717, 1.165) is 12.3 Å². The molecule has 1 amide bonds. The summed E-state index contributed by atoms with van der Waals surface area (Å²) in [4.78, 5) is 23.6. The second-order valence-electron chi connectivity index (χ2n) is 11.1. The third-order valence-corrected chi connectivity index (χ3v) is 7.66. The van der Waals surface area contributed by atoms with Gasteiger partial charge >= 0.3 is 6.18 Å². The Labute approximate surface area is 249 Å². The Hall–Kier alpha value is -4.01. The van der Waals surface area contributed by atoms with Crippen molar-refractivity contribution in [2.45, 2.75) is 32.3 Å². The highest BCUT2D eigenvalue weighted by atomic mass is 19.4. The topological polar surface area (TPSA) is 77.2 Å². The molecule has 1 aliphatic rings. The molecule has 1 saturated heterocycles. The number of piperazine rings is 1. The maximum Gasteiger partial charge on any atom is 0.433 e. The van der Waals surface area contributed by atoms with Gasteiger partial charge in [0, 0.05) is 55.5 Å². The SMILES string of the molecule is Cc1c(-c2ccc(CO)cc2)nc2c(C(=O)N3CCN(Cc4cc(F)cc(F)c4F)C[C@H]3CN(C)C)cnn2c1C(F)(F)F. The van der Waals surface area contributed by atoms with E-state index in [9.17, 15) is 36.2 Å². The molecule has 1 aliphatic heterocycles. The number of carbonyl (C=O) groups excluding carboxylic acids is 1. The number of nitrogens with zero attached hydrogens (tertiary/aromatic N) is 6. The second-order valence-corrected chi connectivity index (χ2v) is 11.1. The highest BCUT2D eigenvalue weighted by molar-refractivity contribution is 6.00. The van der Waals surface area contributed by atoms with Gasteiger partial charge in [-0.3, -0.25) is 9.69 Å². The smallest absolute Gasteiger partial charge is 0.392 e. The van der Waals surface area contributed by atoms with E-state index in [1.807, 2.05) is 4.90 Å². The van der Waals surface area contributed by atoms with Gasteiger partial charge in [0.1, 0.15) is 11.4 Å². The number of benzene rings is 2. The number of alkyl halides is 3. The Morgan fingerprint density at radius 1 is 1.09 bits per heavy atom. The molecule has 1 atom stereocenters. The number of aliphatic hydroxyl groups is 1. The van der Waals surface area contributed by atoms with Crippen LogP contribution in [0.4, 0.5) is 26.3 Å². The minimum Gasteiger partial charge on any atom is -0.392 e. The second kappa shape index (κ2) is 12.2. The van der Waals surface area contributed by atoms with Crippen molar-refractivity contribution in [3.05, 3.63) is 88.0 Å². The first-order valence-corrected chi connectivity index (χ1v) is 13.8. The Balaban J connectivity index is 1.51. The normalized spacial score (nSPS) is 16.3. The summed E-state index contributed by atoms with van der Waals surface area (Å²) in [6, 6.07) is 7.15. The zero-order valence-electron chi connectivity index (χ0n) is 24.2. The van der Waals surface area contributed by atoms with Crippen LogP contribution in [0.3, 0.4) is 0 Å². The quantitative estimate of drug-likeness (QED) is 0.242. The summed E-state index contributed by atoms with van der Waals surface area (Å²) in [5.41, 5.74) is -0.842. The lowest BCUT2D eigenvalue weighted by Gasteiger charge is -2.42. The van der Waals surface area contributed by atoms with Crippen LogP contribution in [-0.4, -0.2) is 86.6 Å². The third-order valence-electron chi connectivity index (χ3n) is 7.66. The Morgan fingerprint density at radius 2 is 1.80 bits per heavy atom. The first kappa shape index (κ1) is 31.4. The van der Waals surface area contributed by atoms with Gasteiger partial charge in [0.2, 0.25) is 0 Å². The molecule has 0 saturated carbocycles. The van der Waals surface area contributed by atoms with Crippen molar-refractivity contribution in [1.29, 1.82) is 0 Å². The highest BCUT2D eigenvalue weighted by Crippen LogP contribution is 2.37. The van der Waals surface area contributed by atoms with Gasteiger partial charge in [-0.15, -0.1) is 0 Å². The zero-order valence-corrected chi connectivity index (χ0v) is 24.2. The molecule has 44 heavy (non-hydrogen) atoms. The Bertz CT molecular complexity index is 1690. The molecule has 0 aliphatic carbocycles. The number of hydrogen-bond donors (Lipinski definition) is 1. The number of carbonyl (C=O) groups is 1. The number of likely N-dealkylation sites (N-methyl/N-ethyl adjacent to an activating group) is 1. The van der Waals surface area contributed by atoms with E-state index < -0.39 is 41.3 Å².